The summed E-state index contributed by atoms with van der Waals surface area (Å²) >= 11 is 3.17. The maximum atomic E-state index is 13.6. The maximum absolute atomic E-state index is 13.6. The van der Waals surface area contributed by atoms with Gasteiger partial charge in [-0.2, -0.15) is 0 Å². The van der Waals surface area contributed by atoms with Crippen LogP contribution in [0.15, 0.2) is 22.7 Å². The summed E-state index contributed by atoms with van der Waals surface area (Å²) in [5, 5.41) is 2.79. The molecule has 19 heavy (non-hydrogen) atoms. The molecule has 0 bridgehead atoms. The van der Waals surface area contributed by atoms with Crippen LogP contribution in [-0.2, 0) is 4.74 Å². The second-order valence-electron chi connectivity index (χ2n) is 4.70. The largest absolute Gasteiger partial charge is 0.378 e. The second kappa shape index (κ2) is 6.48. The number of hydrogen-bond acceptors (Lipinski definition) is 2. The van der Waals surface area contributed by atoms with Crippen molar-refractivity contribution in [1.82, 2.24) is 5.32 Å². The Morgan fingerprint density at radius 3 is 3.05 bits per heavy atom. The molecule has 1 fully saturated rings. The zero-order valence-electron chi connectivity index (χ0n) is 10.8. The highest BCUT2D eigenvalue weighted by Gasteiger charge is 2.27. The fourth-order valence-corrected chi connectivity index (χ4v) is 2.70. The van der Waals surface area contributed by atoms with Crippen molar-refractivity contribution in [2.45, 2.75) is 25.9 Å². The molecule has 1 aliphatic rings. The molecule has 104 valence electrons. The van der Waals surface area contributed by atoms with Crippen LogP contribution in [-0.4, -0.2) is 25.2 Å². The van der Waals surface area contributed by atoms with E-state index in [4.69, 9.17) is 4.74 Å². The first-order valence-corrected chi connectivity index (χ1v) is 7.26. The zero-order valence-corrected chi connectivity index (χ0v) is 12.4. The lowest BCUT2D eigenvalue weighted by atomic mass is 9.99. The van der Waals surface area contributed by atoms with Crippen LogP contribution in [0.5, 0.6) is 0 Å². The molecule has 1 aromatic rings. The lowest BCUT2D eigenvalue weighted by Crippen LogP contribution is -2.33. The lowest BCUT2D eigenvalue weighted by molar-refractivity contribution is 0.0825. The van der Waals surface area contributed by atoms with Gasteiger partial charge in [-0.3, -0.25) is 4.79 Å². The number of benzene rings is 1. The maximum Gasteiger partial charge on any atom is 0.254 e. The molecule has 0 aromatic heterocycles. The van der Waals surface area contributed by atoms with Gasteiger partial charge < -0.3 is 10.1 Å². The predicted molar refractivity (Wildman–Crippen MR) is 74.6 cm³/mol. The van der Waals surface area contributed by atoms with Crippen LogP contribution in [0.4, 0.5) is 4.39 Å². The van der Waals surface area contributed by atoms with Crippen LogP contribution < -0.4 is 5.32 Å². The Balaban J connectivity index is 1.94. The van der Waals surface area contributed by atoms with Gasteiger partial charge in [-0.1, -0.05) is 22.9 Å². The zero-order chi connectivity index (χ0) is 13.8. The lowest BCUT2D eigenvalue weighted by Gasteiger charge is -2.17. The van der Waals surface area contributed by atoms with Crippen molar-refractivity contribution in [1.29, 1.82) is 0 Å². The van der Waals surface area contributed by atoms with Crippen LogP contribution in [0, 0.1) is 11.7 Å². The molecule has 0 aliphatic carbocycles. The number of halogens is 2. The van der Waals surface area contributed by atoms with Gasteiger partial charge in [0.15, 0.2) is 0 Å². The minimum atomic E-state index is -0.512. The van der Waals surface area contributed by atoms with Crippen molar-refractivity contribution in [2.24, 2.45) is 5.92 Å². The summed E-state index contributed by atoms with van der Waals surface area (Å²) in [6, 6.07) is 4.44. The molecule has 2 rings (SSSR count). The monoisotopic (exact) mass is 329 g/mol. The summed E-state index contributed by atoms with van der Waals surface area (Å²) in [6.45, 7) is 3.34. The first-order chi connectivity index (χ1) is 9.11. The van der Waals surface area contributed by atoms with Gasteiger partial charge in [0.25, 0.3) is 5.91 Å². The summed E-state index contributed by atoms with van der Waals surface area (Å²) in [7, 11) is 0. The van der Waals surface area contributed by atoms with Gasteiger partial charge in [-0.25, -0.2) is 4.39 Å². The highest BCUT2D eigenvalue weighted by atomic mass is 79.9. The summed E-state index contributed by atoms with van der Waals surface area (Å²) in [5.74, 6) is -0.555. The van der Waals surface area contributed by atoms with Crippen LogP contribution in [0.2, 0.25) is 0 Å². The Labute approximate surface area is 120 Å². The summed E-state index contributed by atoms with van der Waals surface area (Å²) in [6.07, 6.45) is 2.09. The minimum Gasteiger partial charge on any atom is -0.378 e. The molecule has 1 aliphatic heterocycles. The molecular formula is C14H17BrFNO2. The quantitative estimate of drug-likeness (QED) is 0.921. The molecule has 0 radical (unpaired) electrons. The smallest absolute Gasteiger partial charge is 0.254 e. The third kappa shape index (κ3) is 3.54. The van der Waals surface area contributed by atoms with Gasteiger partial charge in [0.05, 0.1) is 11.7 Å². The Kier molecular flexibility index (Phi) is 4.93. The molecule has 2 atom stereocenters. The molecule has 5 heteroatoms. The van der Waals surface area contributed by atoms with Gasteiger partial charge in [-0.05, 0) is 31.0 Å². The summed E-state index contributed by atoms with van der Waals surface area (Å²) < 4.78 is 19.8. The topological polar surface area (TPSA) is 38.3 Å². The predicted octanol–water partition coefficient (Wildman–Crippen LogP) is 3.13. The van der Waals surface area contributed by atoms with Crippen LogP contribution in [0.1, 0.15) is 30.1 Å². The average molecular weight is 330 g/mol. The van der Waals surface area contributed by atoms with E-state index in [-0.39, 0.29) is 17.6 Å². The van der Waals surface area contributed by atoms with Crippen molar-refractivity contribution >= 4 is 21.8 Å². The highest BCUT2D eigenvalue weighted by Crippen LogP contribution is 2.22. The highest BCUT2D eigenvalue weighted by molar-refractivity contribution is 9.10. The summed E-state index contributed by atoms with van der Waals surface area (Å²) in [5.41, 5.74) is 0.0789. The molecule has 1 saturated heterocycles. The van der Waals surface area contributed by atoms with Gasteiger partial charge in [0, 0.05) is 23.5 Å². The number of rotatable bonds is 4. The molecule has 0 saturated carbocycles. The molecule has 3 nitrogen and oxygen atoms in total. The van der Waals surface area contributed by atoms with Crippen molar-refractivity contribution in [3.63, 3.8) is 0 Å². The molecule has 2 unspecified atom stereocenters. The average Bonchev–Trinajstić information content (AvgIpc) is 2.83. The van der Waals surface area contributed by atoms with Gasteiger partial charge in [0.1, 0.15) is 5.82 Å². The standard InChI is InChI=1S/C14H17BrFNO2/c1-2-13-9(5-6-19-13)8-17-14(18)11-4-3-10(15)7-12(11)16/h3-4,7,9,13H,2,5-6,8H2,1H3,(H,17,18). The SMILES string of the molecule is CCC1OCCC1CNC(=O)c1ccc(Br)cc1F. The Morgan fingerprint density at radius 2 is 2.37 bits per heavy atom. The molecule has 0 spiro atoms. The minimum absolute atomic E-state index is 0.0789. The van der Waals surface area contributed by atoms with Crippen LogP contribution in [0.3, 0.4) is 0 Å². The molecule has 1 N–H and O–H groups in total. The van der Waals surface area contributed by atoms with Crippen molar-refractivity contribution in [2.75, 3.05) is 13.2 Å². The molecule has 1 aromatic carbocycles. The fraction of sp³-hybridized carbons (Fsp3) is 0.500. The van der Waals surface area contributed by atoms with E-state index in [0.29, 0.717) is 16.9 Å². The normalized spacial score (nSPS) is 22.5. The Morgan fingerprint density at radius 1 is 1.58 bits per heavy atom. The second-order valence-corrected chi connectivity index (χ2v) is 5.62. The molecular weight excluding hydrogens is 313 g/mol. The van der Waals surface area contributed by atoms with E-state index in [9.17, 15) is 9.18 Å². The van der Waals surface area contributed by atoms with Gasteiger partial charge >= 0.3 is 0 Å². The first-order valence-electron chi connectivity index (χ1n) is 6.46. The van der Waals surface area contributed by atoms with E-state index in [1.54, 1.807) is 6.07 Å². The first kappa shape index (κ1) is 14.5. The van der Waals surface area contributed by atoms with Crippen LogP contribution in [0.25, 0.3) is 0 Å². The van der Waals surface area contributed by atoms with Crippen molar-refractivity contribution in [3.05, 3.63) is 34.1 Å². The van der Waals surface area contributed by atoms with E-state index in [1.807, 2.05) is 0 Å². The number of ether oxygens (including phenoxy) is 1. The van der Waals surface area contributed by atoms with E-state index in [1.165, 1.54) is 12.1 Å². The molecule has 1 amide bonds. The number of hydrogen-bond donors (Lipinski definition) is 1. The number of nitrogens with one attached hydrogen (secondary N) is 1. The fourth-order valence-electron chi connectivity index (χ4n) is 2.37. The summed E-state index contributed by atoms with van der Waals surface area (Å²) in [4.78, 5) is 11.9. The van der Waals surface area contributed by atoms with E-state index >= 15 is 0 Å². The Hall–Kier alpha value is -0.940. The Bertz CT molecular complexity index is 467. The van der Waals surface area contributed by atoms with Crippen molar-refractivity contribution in [3.8, 4) is 0 Å². The van der Waals surface area contributed by atoms with Crippen LogP contribution >= 0.6 is 15.9 Å². The number of carbonyl (C=O) groups is 1. The van der Waals surface area contributed by atoms with E-state index in [0.717, 1.165) is 19.4 Å². The number of carbonyl (C=O) groups excluding carboxylic acids is 1. The van der Waals surface area contributed by atoms with Crippen molar-refractivity contribution < 1.29 is 13.9 Å². The van der Waals surface area contributed by atoms with E-state index in [2.05, 4.69) is 28.2 Å². The van der Waals surface area contributed by atoms with E-state index < -0.39 is 5.82 Å². The molecule has 1 heterocycles. The van der Waals surface area contributed by atoms with Gasteiger partial charge in [0.2, 0.25) is 0 Å². The third-order valence-electron chi connectivity index (χ3n) is 3.45. The third-order valence-corrected chi connectivity index (χ3v) is 3.94. The number of amides is 1. The van der Waals surface area contributed by atoms with Gasteiger partial charge in [-0.15, -0.1) is 0 Å².